The van der Waals surface area contributed by atoms with Crippen molar-refractivity contribution in [3.63, 3.8) is 0 Å². The smallest absolute Gasteiger partial charge is 0.262 e. The lowest BCUT2D eigenvalue weighted by Crippen LogP contribution is -2.18. The monoisotopic (exact) mass is 472 g/mol. The lowest BCUT2D eigenvalue weighted by atomic mass is 10.2. The molecule has 0 saturated heterocycles. The van der Waals surface area contributed by atoms with Gasteiger partial charge in [-0.15, -0.1) is 0 Å². The van der Waals surface area contributed by atoms with E-state index in [0.29, 0.717) is 11.3 Å². The largest absolute Gasteiger partial charge is 0.326 e. The van der Waals surface area contributed by atoms with Crippen LogP contribution in [-0.2, 0) is 24.7 Å². The molecule has 0 fully saturated rings. The number of carbonyl (C=O) groups excluding carboxylic acids is 1. The average molecular weight is 473 g/mol. The number of sulfonamides is 1. The maximum Gasteiger partial charge on any atom is 0.262 e. The molecule has 0 spiro atoms. The normalized spacial score (nSPS) is 11.7. The number of aryl methyl sites for hydroxylation is 2. The number of rotatable bonds is 8. The molecule has 9 heteroatoms. The number of hydrogen-bond acceptors (Lipinski definition) is 5. The summed E-state index contributed by atoms with van der Waals surface area (Å²) in [5, 5.41) is 2.58. The molecular formula is C23H24N2O5S2. The van der Waals surface area contributed by atoms with Gasteiger partial charge in [0, 0.05) is 17.8 Å². The summed E-state index contributed by atoms with van der Waals surface area (Å²) in [6.07, 6.45) is -0.255. The highest BCUT2D eigenvalue weighted by molar-refractivity contribution is 7.92. The molecule has 0 aliphatic heterocycles. The lowest BCUT2D eigenvalue weighted by Gasteiger charge is -2.13. The van der Waals surface area contributed by atoms with Crippen LogP contribution in [0.15, 0.2) is 82.6 Å². The fraction of sp³-hybridized carbons (Fsp3) is 0.174. The number of carbonyl (C=O) groups is 1. The first-order chi connectivity index (χ1) is 15.1. The van der Waals surface area contributed by atoms with Crippen molar-refractivity contribution in [1.82, 2.24) is 0 Å². The highest BCUT2D eigenvalue weighted by atomic mass is 32.2. The van der Waals surface area contributed by atoms with Crippen LogP contribution < -0.4 is 10.0 Å². The first-order valence-corrected chi connectivity index (χ1v) is 13.0. The number of amides is 1. The first-order valence-electron chi connectivity index (χ1n) is 9.85. The van der Waals surface area contributed by atoms with Crippen molar-refractivity contribution < 1.29 is 21.6 Å². The predicted octanol–water partition coefficient (Wildman–Crippen LogP) is 3.91. The van der Waals surface area contributed by atoms with E-state index in [9.17, 15) is 21.6 Å². The molecule has 32 heavy (non-hydrogen) atoms. The second-order valence-electron chi connectivity index (χ2n) is 7.39. The molecule has 7 nitrogen and oxygen atoms in total. The van der Waals surface area contributed by atoms with Crippen molar-refractivity contribution >= 4 is 37.1 Å². The molecule has 0 saturated carbocycles. The van der Waals surface area contributed by atoms with E-state index in [1.807, 2.05) is 13.0 Å². The van der Waals surface area contributed by atoms with E-state index in [4.69, 9.17) is 0 Å². The van der Waals surface area contributed by atoms with Gasteiger partial charge in [-0.05, 0) is 61.4 Å². The third-order valence-corrected chi connectivity index (χ3v) is 7.99. The Kier molecular flexibility index (Phi) is 7.00. The van der Waals surface area contributed by atoms with E-state index < -0.39 is 25.8 Å². The Morgan fingerprint density at radius 2 is 1.53 bits per heavy atom. The Balaban J connectivity index is 1.72. The van der Waals surface area contributed by atoms with Crippen molar-refractivity contribution in [2.24, 2.45) is 0 Å². The Morgan fingerprint density at radius 1 is 0.812 bits per heavy atom. The van der Waals surface area contributed by atoms with Gasteiger partial charge in [0.05, 0.1) is 15.5 Å². The van der Waals surface area contributed by atoms with Gasteiger partial charge < -0.3 is 5.32 Å². The number of benzene rings is 3. The minimum Gasteiger partial charge on any atom is -0.326 e. The Morgan fingerprint density at radius 3 is 2.22 bits per heavy atom. The molecule has 0 heterocycles. The summed E-state index contributed by atoms with van der Waals surface area (Å²) in [5.74, 6) is -0.877. The predicted molar refractivity (Wildman–Crippen MR) is 125 cm³/mol. The van der Waals surface area contributed by atoms with Gasteiger partial charge in [-0.3, -0.25) is 9.52 Å². The van der Waals surface area contributed by atoms with E-state index in [-0.39, 0.29) is 27.7 Å². The Bertz CT molecular complexity index is 1340. The van der Waals surface area contributed by atoms with Crippen molar-refractivity contribution in [1.29, 1.82) is 0 Å². The third-order valence-electron chi connectivity index (χ3n) is 4.73. The molecule has 0 aliphatic carbocycles. The van der Waals surface area contributed by atoms with E-state index in [2.05, 4.69) is 10.0 Å². The summed E-state index contributed by atoms with van der Waals surface area (Å²) >= 11 is 0. The van der Waals surface area contributed by atoms with Gasteiger partial charge in [0.15, 0.2) is 9.84 Å². The molecule has 1 amide bonds. The quantitative estimate of drug-likeness (QED) is 0.517. The van der Waals surface area contributed by atoms with Crippen LogP contribution in [0, 0.1) is 13.8 Å². The van der Waals surface area contributed by atoms with Gasteiger partial charge in [-0.25, -0.2) is 16.8 Å². The minimum absolute atomic E-state index is 0.0220. The molecule has 0 unspecified atom stereocenters. The third kappa shape index (κ3) is 5.95. The molecule has 0 aliphatic rings. The van der Waals surface area contributed by atoms with Crippen molar-refractivity contribution in [2.75, 3.05) is 15.8 Å². The summed E-state index contributed by atoms with van der Waals surface area (Å²) in [5.41, 5.74) is 2.12. The van der Waals surface area contributed by atoms with E-state index in [1.165, 1.54) is 18.2 Å². The molecule has 3 aromatic carbocycles. The second-order valence-corrected chi connectivity index (χ2v) is 11.1. The van der Waals surface area contributed by atoms with Crippen LogP contribution in [0.1, 0.15) is 17.5 Å². The number of nitrogens with one attached hydrogen (secondary N) is 2. The molecular weight excluding hydrogens is 448 g/mol. The zero-order chi connectivity index (χ0) is 23.4. The summed E-state index contributed by atoms with van der Waals surface area (Å²) in [6, 6.07) is 19.4. The van der Waals surface area contributed by atoms with Gasteiger partial charge in [-0.2, -0.15) is 0 Å². The summed E-state index contributed by atoms with van der Waals surface area (Å²) in [7, 11) is -7.48. The van der Waals surface area contributed by atoms with E-state index in [0.717, 1.165) is 5.56 Å². The van der Waals surface area contributed by atoms with Crippen molar-refractivity contribution in [2.45, 2.75) is 30.1 Å². The van der Waals surface area contributed by atoms with Gasteiger partial charge in [-0.1, -0.05) is 36.4 Å². The zero-order valence-electron chi connectivity index (χ0n) is 17.7. The van der Waals surface area contributed by atoms with Gasteiger partial charge in [0.2, 0.25) is 5.91 Å². The van der Waals surface area contributed by atoms with Crippen LogP contribution in [0.2, 0.25) is 0 Å². The summed E-state index contributed by atoms with van der Waals surface area (Å²) < 4.78 is 53.0. The molecule has 2 N–H and O–H groups in total. The van der Waals surface area contributed by atoms with Gasteiger partial charge >= 0.3 is 0 Å². The molecule has 0 atom stereocenters. The van der Waals surface area contributed by atoms with Crippen LogP contribution in [0.5, 0.6) is 0 Å². The zero-order valence-corrected chi connectivity index (χ0v) is 19.3. The number of anilines is 2. The molecule has 0 bridgehead atoms. The van der Waals surface area contributed by atoms with Crippen LogP contribution in [-0.4, -0.2) is 28.5 Å². The fourth-order valence-electron chi connectivity index (χ4n) is 3.08. The molecule has 3 aromatic rings. The highest BCUT2D eigenvalue weighted by Crippen LogP contribution is 2.23. The van der Waals surface area contributed by atoms with Crippen LogP contribution >= 0.6 is 0 Å². The Labute approximate surface area is 188 Å². The molecule has 0 aromatic heterocycles. The second kappa shape index (κ2) is 9.54. The first kappa shape index (κ1) is 23.5. The summed E-state index contributed by atoms with van der Waals surface area (Å²) in [4.78, 5) is 12.5. The van der Waals surface area contributed by atoms with Gasteiger partial charge in [0.25, 0.3) is 10.0 Å². The summed E-state index contributed by atoms with van der Waals surface area (Å²) in [6.45, 7) is 3.51. The maximum absolute atomic E-state index is 12.9. The maximum atomic E-state index is 12.9. The minimum atomic E-state index is -3.89. The van der Waals surface area contributed by atoms with Crippen LogP contribution in [0.25, 0.3) is 0 Å². The number of sulfone groups is 1. The lowest BCUT2D eigenvalue weighted by molar-refractivity contribution is -0.115. The van der Waals surface area contributed by atoms with E-state index >= 15 is 0 Å². The van der Waals surface area contributed by atoms with Crippen LogP contribution in [0.4, 0.5) is 11.4 Å². The van der Waals surface area contributed by atoms with Crippen molar-refractivity contribution in [3.05, 3.63) is 83.9 Å². The van der Waals surface area contributed by atoms with Gasteiger partial charge in [0.1, 0.15) is 0 Å². The molecule has 168 valence electrons. The SMILES string of the molecule is Cc1cccc(NS(=O)(=O)c2cc(NC(=O)CCS(=O)(=O)c3ccccc3)ccc2C)c1. The molecule has 3 rings (SSSR count). The highest BCUT2D eigenvalue weighted by Gasteiger charge is 2.19. The Hall–Kier alpha value is -3.17. The topological polar surface area (TPSA) is 109 Å². The van der Waals surface area contributed by atoms with E-state index in [1.54, 1.807) is 55.5 Å². The van der Waals surface area contributed by atoms with Crippen molar-refractivity contribution in [3.8, 4) is 0 Å². The molecule has 0 radical (unpaired) electrons. The number of hydrogen-bond donors (Lipinski definition) is 2. The average Bonchev–Trinajstić information content (AvgIpc) is 2.74. The standard InChI is InChI=1S/C23H24N2O5S2/c1-17-7-6-8-20(15-17)25-32(29,30)22-16-19(12-11-18(22)2)24-23(26)13-14-31(27,28)21-9-4-3-5-10-21/h3-12,15-16,25H,13-14H2,1-2H3,(H,24,26). The van der Waals surface area contributed by atoms with Crippen LogP contribution in [0.3, 0.4) is 0 Å². The fourth-order valence-corrected chi connectivity index (χ4v) is 5.67.